The van der Waals surface area contributed by atoms with E-state index in [0.717, 1.165) is 12.5 Å². The maximum atomic E-state index is 13.5. The van der Waals surface area contributed by atoms with Gasteiger partial charge in [0, 0.05) is 6.54 Å². The molecule has 1 aromatic rings. The Bertz CT molecular complexity index is 485. The van der Waals surface area contributed by atoms with E-state index in [2.05, 4.69) is 4.72 Å². The summed E-state index contributed by atoms with van der Waals surface area (Å²) in [4.78, 5) is -0.575. The van der Waals surface area contributed by atoms with Crippen LogP contribution >= 0.6 is 0 Å². The fraction of sp³-hybridized carbons (Fsp3) is 0.455. The van der Waals surface area contributed by atoms with Crippen molar-refractivity contribution in [3.8, 4) is 0 Å². The van der Waals surface area contributed by atoms with Gasteiger partial charge in [0.15, 0.2) is 0 Å². The summed E-state index contributed by atoms with van der Waals surface area (Å²) in [5.41, 5.74) is 5.29. The standard InChI is InChI=1S/C11H17FN2O3S/c1-2-4-8(15)7-14-18(16,17)11-9(12)5-3-6-10(11)13/h3,5-6,8,14-15H,2,4,7,13H2,1H3. The zero-order chi connectivity index (χ0) is 13.8. The monoisotopic (exact) mass is 276 g/mol. The fourth-order valence-corrected chi connectivity index (χ4v) is 2.78. The van der Waals surface area contributed by atoms with Gasteiger partial charge >= 0.3 is 0 Å². The number of hydrogen-bond acceptors (Lipinski definition) is 4. The predicted molar refractivity (Wildman–Crippen MR) is 66.9 cm³/mol. The number of nitrogens with one attached hydrogen (secondary N) is 1. The number of halogens is 1. The first-order valence-electron chi connectivity index (χ1n) is 5.60. The van der Waals surface area contributed by atoms with Crippen molar-refractivity contribution in [3.63, 3.8) is 0 Å². The molecule has 5 nitrogen and oxygen atoms in total. The van der Waals surface area contributed by atoms with Gasteiger partial charge in [-0.05, 0) is 18.6 Å². The summed E-state index contributed by atoms with van der Waals surface area (Å²) in [6, 6.07) is 3.66. The maximum absolute atomic E-state index is 13.5. The van der Waals surface area contributed by atoms with Gasteiger partial charge in [-0.15, -0.1) is 0 Å². The van der Waals surface area contributed by atoms with Crippen molar-refractivity contribution in [2.75, 3.05) is 12.3 Å². The SMILES string of the molecule is CCCC(O)CNS(=O)(=O)c1c(N)cccc1F. The van der Waals surface area contributed by atoms with Crippen molar-refractivity contribution in [2.24, 2.45) is 0 Å². The van der Waals surface area contributed by atoms with Crippen LogP contribution in [0.3, 0.4) is 0 Å². The minimum absolute atomic E-state index is 0.160. The average molecular weight is 276 g/mol. The van der Waals surface area contributed by atoms with Crippen LogP contribution in [0.4, 0.5) is 10.1 Å². The molecule has 0 spiro atoms. The average Bonchev–Trinajstić information content (AvgIpc) is 2.26. The first-order valence-corrected chi connectivity index (χ1v) is 7.08. The minimum atomic E-state index is -4.05. The van der Waals surface area contributed by atoms with E-state index in [0.29, 0.717) is 6.42 Å². The van der Waals surface area contributed by atoms with Crippen LogP contribution in [-0.2, 0) is 10.0 Å². The Morgan fingerprint density at radius 1 is 1.50 bits per heavy atom. The maximum Gasteiger partial charge on any atom is 0.245 e. The minimum Gasteiger partial charge on any atom is -0.398 e. The topological polar surface area (TPSA) is 92.4 Å². The Balaban J connectivity index is 2.87. The summed E-state index contributed by atoms with van der Waals surface area (Å²) in [6.45, 7) is 1.70. The Morgan fingerprint density at radius 2 is 2.17 bits per heavy atom. The summed E-state index contributed by atoms with van der Waals surface area (Å²) in [7, 11) is -4.05. The highest BCUT2D eigenvalue weighted by molar-refractivity contribution is 7.89. The summed E-state index contributed by atoms with van der Waals surface area (Å²) in [5, 5.41) is 9.45. The van der Waals surface area contributed by atoms with Gasteiger partial charge in [-0.1, -0.05) is 19.4 Å². The van der Waals surface area contributed by atoms with Crippen LogP contribution in [0.1, 0.15) is 19.8 Å². The quantitative estimate of drug-likeness (QED) is 0.671. The number of aliphatic hydroxyl groups is 1. The van der Waals surface area contributed by atoms with Gasteiger partial charge in [-0.25, -0.2) is 17.5 Å². The molecule has 0 fully saturated rings. The lowest BCUT2D eigenvalue weighted by Gasteiger charge is -2.13. The second-order valence-corrected chi connectivity index (χ2v) is 5.66. The van der Waals surface area contributed by atoms with E-state index in [1.165, 1.54) is 12.1 Å². The Labute approximate surface area is 106 Å². The molecule has 18 heavy (non-hydrogen) atoms. The number of sulfonamides is 1. The highest BCUT2D eigenvalue weighted by Gasteiger charge is 2.22. The van der Waals surface area contributed by atoms with Crippen LogP contribution in [-0.4, -0.2) is 26.2 Å². The molecule has 0 aromatic heterocycles. The van der Waals surface area contributed by atoms with Crippen LogP contribution < -0.4 is 10.5 Å². The van der Waals surface area contributed by atoms with Gasteiger partial charge < -0.3 is 10.8 Å². The van der Waals surface area contributed by atoms with Gasteiger partial charge in [0.1, 0.15) is 10.7 Å². The third kappa shape index (κ3) is 3.66. The normalized spacial score (nSPS) is 13.5. The smallest absolute Gasteiger partial charge is 0.245 e. The van der Waals surface area contributed by atoms with E-state index in [1.54, 1.807) is 0 Å². The molecular formula is C11H17FN2O3S. The second kappa shape index (κ2) is 6.12. The molecule has 1 aromatic carbocycles. The van der Waals surface area contributed by atoms with Crippen LogP contribution in [0.15, 0.2) is 23.1 Å². The molecule has 0 heterocycles. The van der Waals surface area contributed by atoms with Crippen LogP contribution in [0.5, 0.6) is 0 Å². The van der Waals surface area contributed by atoms with E-state index >= 15 is 0 Å². The van der Waals surface area contributed by atoms with Gasteiger partial charge in [0.25, 0.3) is 0 Å². The van der Waals surface area contributed by atoms with E-state index in [-0.39, 0.29) is 12.2 Å². The molecule has 0 saturated heterocycles. The van der Waals surface area contributed by atoms with Crippen molar-refractivity contribution in [2.45, 2.75) is 30.8 Å². The van der Waals surface area contributed by atoms with Crippen LogP contribution in [0.25, 0.3) is 0 Å². The Hall–Kier alpha value is -1.18. The van der Waals surface area contributed by atoms with Crippen molar-refractivity contribution in [1.82, 2.24) is 4.72 Å². The molecule has 1 unspecified atom stereocenters. The first-order chi connectivity index (χ1) is 8.38. The third-order valence-electron chi connectivity index (χ3n) is 2.40. The molecule has 7 heteroatoms. The predicted octanol–water partition coefficient (Wildman–Crippen LogP) is 0.847. The van der Waals surface area contributed by atoms with Gasteiger partial charge in [0.05, 0.1) is 11.8 Å². The zero-order valence-corrected chi connectivity index (χ0v) is 10.9. The summed E-state index contributed by atoms with van der Waals surface area (Å²) in [6.07, 6.45) is 0.401. The van der Waals surface area contributed by atoms with Crippen molar-refractivity contribution in [3.05, 3.63) is 24.0 Å². The number of rotatable bonds is 6. The highest BCUT2D eigenvalue weighted by atomic mass is 32.2. The van der Waals surface area contributed by atoms with Crippen LogP contribution in [0, 0.1) is 5.82 Å². The molecule has 0 aliphatic carbocycles. The summed E-state index contributed by atoms with van der Waals surface area (Å²) < 4.78 is 39.3. The number of hydrogen-bond donors (Lipinski definition) is 3. The molecule has 0 amide bonds. The van der Waals surface area contributed by atoms with Gasteiger partial charge in [0.2, 0.25) is 10.0 Å². The fourth-order valence-electron chi connectivity index (χ4n) is 1.52. The number of aliphatic hydroxyl groups excluding tert-OH is 1. The van der Waals surface area contributed by atoms with Crippen molar-refractivity contribution in [1.29, 1.82) is 0 Å². The Morgan fingerprint density at radius 3 is 2.72 bits per heavy atom. The second-order valence-electron chi connectivity index (χ2n) is 3.95. The molecule has 4 N–H and O–H groups in total. The summed E-state index contributed by atoms with van der Waals surface area (Å²) in [5.74, 6) is -0.910. The van der Waals surface area contributed by atoms with E-state index in [9.17, 15) is 17.9 Å². The lowest BCUT2D eigenvalue weighted by Crippen LogP contribution is -2.33. The van der Waals surface area contributed by atoms with E-state index in [4.69, 9.17) is 5.73 Å². The lowest BCUT2D eigenvalue weighted by molar-refractivity contribution is 0.167. The molecule has 0 saturated carbocycles. The molecule has 1 rings (SSSR count). The molecule has 0 aliphatic heterocycles. The van der Waals surface area contributed by atoms with Crippen LogP contribution in [0.2, 0.25) is 0 Å². The molecule has 0 bridgehead atoms. The third-order valence-corrected chi connectivity index (χ3v) is 3.91. The molecular weight excluding hydrogens is 259 g/mol. The molecule has 102 valence electrons. The lowest BCUT2D eigenvalue weighted by atomic mass is 10.2. The van der Waals surface area contributed by atoms with Gasteiger partial charge in [-0.2, -0.15) is 0 Å². The number of nitrogens with two attached hydrogens (primary N) is 1. The first kappa shape index (κ1) is 14.9. The Kier molecular flexibility index (Phi) is 5.06. The van der Waals surface area contributed by atoms with E-state index < -0.39 is 26.8 Å². The van der Waals surface area contributed by atoms with Crippen molar-refractivity contribution < 1.29 is 17.9 Å². The van der Waals surface area contributed by atoms with Gasteiger partial charge in [-0.3, -0.25) is 0 Å². The van der Waals surface area contributed by atoms with Crippen molar-refractivity contribution >= 4 is 15.7 Å². The number of anilines is 1. The summed E-state index contributed by atoms with van der Waals surface area (Å²) >= 11 is 0. The highest BCUT2D eigenvalue weighted by Crippen LogP contribution is 2.21. The van der Waals surface area contributed by atoms with E-state index in [1.807, 2.05) is 6.92 Å². The molecule has 0 aliphatic rings. The molecule has 0 radical (unpaired) electrons. The number of benzene rings is 1. The zero-order valence-electron chi connectivity index (χ0n) is 10.1. The number of nitrogen functional groups attached to an aromatic ring is 1. The molecule has 1 atom stereocenters. The largest absolute Gasteiger partial charge is 0.398 e.